The van der Waals surface area contributed by atoms with Crippen molar-refractivity contribution in [2.75, 3.05) is 6.26 Å². The van der Waals surface area contributed by atoms with Gasteiger partial charge >= 0.3 is 5.97 Å². The van der Waals surface area contributed by atoms with Crippen molar-refractivity contribution in [1.82, 2.24) is 0 Å². The van der Waals surface area contributed by atoms with E-state index in [1.807, 2.05) is 0 Å². The molecule has 0 saturated heterocycles. The third kappa shape index (κ3) is 2.22. The third-order valence-electron chi connectivity index (χ3n) is 2.87. The molecule has 16 heavy (non-hydrogen) atoms. The molecule has 0 heterocycles. The number of aliphatic carboxylic acids is 1. The SMILES string of the molecule is CC1C=C(S(C)(=O)=O)C(Br)=CC1(C)C(=O)O. The van der Waals surface area contributed by atoms with Crippen LogP contribution < -0.4 is 0 Å². The van der Waals surface area contributed by atoms with E-state index in [-0.39, 0.29) is 10.8 Å². The zero-order valence-corrected chi connectivity index (χ0v) is 11.6. The molecule has 0 bridgehead atoms. The molecule has 2 unspecified atom stereocenters. The van der Waals surface area contributed by atoms with Crippen LogP contribution in [0.5, 0.6) is 0 Å². The fourth-order valence-corrected chi connectivity index (χ4v) is 3.86. The van der Waals surface area contributed by atoms with Crippen LogP contribution in [0.3, 0.4) is 0 Å². The number of hydrogen-bond donors (Lipinski definition) is 1. The maximum Gasteiger partial charge on any atom is 0.313 e. The summed E-state index contributed by atoms with van der Waals surface area (Å²) in [5.74, 6) is -1.35. The Morgan fingerprint density at radius 3 is 2.44 bits per heavy atom. The number of rotatable bonds is 2. The lowest BCUT2D eigenvalue weighted by Gasteiger charge is -2.30. The van der Waals surface area contributed by atoms with Crippen molar-refractivity contribution in [1.29, 1.82) is 0 Å². The van der Waals surface area contributed by atoms with Crippen molar-refractivity contribution >= 4 is 31.7 Å². The number of halogens is 1. The smallest absolute Gasteiger partial charge is 0.313 e. The van der Waals surface area contributed by atoms with E-state index in [1.165, 1.54) is 12.2 Å². The van der Waals surface area contributed by atoms with Gasteiger partial charge in [-0.15, -0.1) is 0 Å². The molecule has 0 radical (unpaired) electrons. The number of hydrogen-bond acceptors (Lipinski definition) is 3. The highest BCUT2D eigenvalue weighted by Crippen LogP contribution is 2.41. The maximum absolute atomic E-state index is 11.4. The molecular formula is C10H13BrO4S. The Bertz CT molecular complexity index is 489. The Morgan fingerprint density at radius 2 is 2.06 bits per heavy atom. The minimum absolute atomic E-state index is 0.152. The lowest BCUT2D eigenvalue weighted by Crippen LogP contribution is -2.34. The second-order valence-corrected chi connectivity index (χ2v) is 7.01. The summed E-state index contributed by atoms with van der Waals surface area (Å²) in [6.07, 6.45) is 4.02. The average molecular weight is 309 g/mol. The quantitative estimate of drug-likeness (QED) is 0.846. The fourth-order valence-electron chi connectivity index (χ4n) is 1.50. The molecule has 1 rings (SSSR count). The van der Waals surface area contributed by atoms with Gasteiger partial charge in [0.25, 0.3) is 0 Å². The molecule has 0 spiro atoms. The Kier molecular flexibility index (Phi) is 3.36. The zero-order valence-electron chi connectivity index (χ0n) is 9.19. The van der Waals surface area contributed by atoms with Crippen LogP contribution in [0, 0.1) is 11.3 Å². The molecule has 4 nitrogen and oxygen atoms in total. The van der Waals surface area contributed by atoms with Crippen LogP contribution in [0.15, 0.2) is 21.5 Å². The summed E-state index contributed by atoms with van der Waals surface area (Å²) in [7, 11) is -3.33. The predicted octanol–water partition coefficient (Wildman–Crippen LogP) is 1.93. The summed E-state index contributed by atoms with van der Waals surface area (Å²) in [4.78, 5) is 11.3. The van der Waals surface area contributed by atoms with Gasteiger partial charge in [-0.1, -0.05) is 19.1 Å². The van der Waals surface area contributed by atoms with E-state index in [0.29, 0.717) is 4.48 Å². The van der Waals surface area contributed by atoms with E-state index in [4.69, 9.17) is 5.11 Å². The highest BCUT2D eigenvalue weighted by molar-refractivity contribution is 9.12. The summed E-state index contributed by atoms with van der Waals surface area (Å²) < 4.78 is 23.2. The van der Waals surface area contributed by atoms with Gasteiger partial charge in [-0.25, -0.2) is 8.42 Å². The van der Waals surface area contributed by atoms with Gasteiger partial charge in [-0.3, -0.25) is 4.79 Å². The van der Waals surface area contributed by atoms with Gasteiger partial charge < -0.3 is 5.11 Å². The molecule has 0 amide bonds. The Hall–Kier alpha value is -0.620. The summed E-state index contributed by atoms with van der Waals surface area (Å²) >= 11 is 3.11. The lowest BCUT2D eigenvalue weighted by atomic mass is 9.75. The molecular weight excluding hydrogens is 296 g/mol. The molecule has 1 aliphatic rings. The van der Waals surface area contributed by atoms with Crippen molar-refractivity contribution in [3.8, 4) is 0 Å². The van der Waals surface area contributed by atoms with Crippen LogP contribution in [0.4, 0.5) is 0 Å². The summed E-state index contributed by atoms with van der Waals surface area (Å²) in [5, 5.41) is 9.13. The van der Waals surface area contributed by atoms with Gasteiger partial charge in [0.1, 0.15) is 0 Å². The number of sulfone groups is 1. The Labute approximate surface area is 103 Å². The van der Waals surface area contributed by atoms with Crippen LogP contribution in [-0.2, 0) is 14.6 Å². The largest absolute Gasteiger partial charge is 0.481 e. The van der Waals surface area contributed by atoms with Crippen molar-refractivity contribution < 1.29 is 18.3 Å². The van der Waals surface area contributed by atoms with E-state index < -0.39 is 21.2 Å². The molecule has 0 fully saturated rings. The number of carboxylic acid groups (broad SMARTS) is 1. The first-order chi connectivity index (χ1) is 7.09. The van der Waals surface area contributed by atoms with E-state index in [2.05, 4.69) is 15.9 Å². The minimum Gasteiger partial charge on any atom is -0.481 e. The Balaban J connectivity index is 3.32. The molecule has 0 aromatic heterocycles. The van der Waals surface area contributed by atoms with E-state index >= 15 is 0 Å². The van der Waals surface area contributed by atoms with Crippen LogP contribution in [0.2, 0.25) is 0 Å². The highest BCUT2D eigenvalue weighted by Gasteiger charge is 2.40. The molecule has 90 valence electrons. The van der Waals surface area contributed by atoms with Crippen LogP contribution in [0.25, 0.3) is 0 Å². The summed E-state index contributed by atoms with van der Waals surface area (Å²) in [6.45, 7) is 3.26. The second kappa shape index (κ2) is 4.00. The van der Waals surface area contributed by atoms with E-state index in [1.54, 1.807) is 13.8 Å². The van der Waals surface area contributed by atoms with Crippen molar-refractivity contribution in [3.05, 3.63) is 21.5 Å². The molecule has 0 aromatic carbocycles. The normalized spacial score (nSPS) is 30.6. The minimum atomic E-state index is -3.33. The molecule has 1 aliphatic carbocycles. The average Bonchev–Trinajstić information content (AvgIpc) is 2.09. The van der Waals surface area contributed by atoms with E-state index in [0.717, 1.165) is 6.26 Å². The van der Waals surface area contributed by atoms with Gasteiger partial charge in [0.15, 0.2) is 9.84 Å². The van der Waals surface area contributed by atoms with Crippen molar-refractivity contribution in [2.24, 2.45) is 11.3 Å². The molecule has 6 heteroatoms. The third-order valence-corrected chi connectivity index (χ3v) is 4.94. The topological polar surface area (TPSA) is 71.4 Å². The molecule has 2 atom stereocenters. The first-order valence-electron chi connectivity index (χ1n) is 4.63. The maximum atomic E-state index is 11.4. The van der Waals surface area contributed by atoms with E-state index in [9.17, 15) is 13.2 Å². The van der Waals surface area contributed by atoms with Crippen LogP contribution >= 0.6 is 15.9 Å². The number of carbonyl (C=O) groups is 1. The zero-order chi connectivity index (χ0) is 12.7. The fraction of sp³-hybridized carbons (Fsp3) is 0.500. The van der Waals surface area contributed by atoms with Gasteiger partial charge in [0, 0.05) is 10.7 Å². The standard InChI is InChI=1S/C10H13BrO4S/c1-6-4-8(16(3,14)15)7(11)5-10(6,2)9(12)13/h4-6H,1-3H3,(H,12,13). The summed E-state index contributed by atoms with van der Waals surface area (Å²) in [6, 6.07) is 0. The first-order valence-corrected chi connectivity index (χ1v) is 7.31. The molecule has 0 aliphatic heterocycles. The molecule has 0 aromatic rings. The molecule has 0 saturated carbocycles. The van der Waals surface area contributed by atoms with Crippen molar-refractivity contribution in [2.45, 2.75) is 13.8 Å². The van der Waals surface area contributed by atoms with Crippen LogP contribution in [0.1, 0.15) is 13.8 Å². The highest BCUT2D eigenvalue weighted by atomic mass is 79.9. The van der Waals surface area contributed by atoms with Gasteiger partial charge in [0.2, 0.25) is 0 Å². The predicted molar refractivity (Wildman–Crippen MR) is 64.8 cm³/mol. The lowest BCUT2D eigenvalue weighted by molar-refractivity contribution is -0.146. The Morgan fingerprint density at radius 1 is 1.56 bits per heavy atom. The van der Waals surface area contributed by atoms with Gasteiger partial charge in [-0.2, -0.15) is 0 Å². The van der Waals surface area contributed by atoms with Gasteiger partial charge in [0.05, 0.1) is 10.3 Å². The first kappa shape index (κ1) is 13.4. The molecule has 1 N–H and O–H groups in total. The summed E-state index contributed by atoms with van der Waals surface area (Å²) in [5.41, 5.74) is -1.08. The van der Waals surface area contributed by atoms with Crippen LogP contribution in [-0.4, -0.2) is 25.7 Å². The monoisotopic (exact) mass is 308 g/mol. The van der Waals surface area contributed by atoms with Gasteiger partial charge in [-0.05, 0) is 28.8 Å². The van der Waals surface area contributed by atoms with Crippen molar-refractivity contribution in [3.63, 3.8) is 0 Å². The number of carboxylic acids is 1. The second-order valence-electron chi connectivity index (χ2n) is 4.17. The number of allylic oxidation sites excluding steroid dienone is 2.